The molecule has 0 aromatic carbocycles. The van der Waals surface area contributed by atoms with E-state index in [0.29, 0.717) is 17.3 Å². The van der Waals surface area contributed by atoms with Crippen molar-refractivity contribution in [3.63, 3.8) is 0 Å². The number of furan rings is 1. The summed E-state index contributed by atoms with van der Waals surface area (Å²) in [6, 6.07) is 11.5. The van der Waals surface area contributed by atoms with Crippen molar-refractivity contribution in [3.8, 4) is 11.5 Å². The first-order valence-corrected chi connectivity index (χ1v) is 6.55. The molecule has 3 aromatic rings. The quantitative estimate of drug-likeness (QED) is 0.788. The fraction of sp³-hybridized carbons (Fsp3) is 0.0667. The van der Waals surface area contributed by atoms with E-state index in [0.717, 1.165) is 4.68 Å². The molecular weight excluding hydrogens is 284 g/mol. The zero-order chi connectivity index (χ0) is 15.4. The van der Waals surface area contributed by atoms with Gasteiger partial charge in [-0.1, -0.05) is 6.07 Å². The molecule has 0 saturated heterocycles. The van der Waals surface area contributed by atoms with Crippen molar-refractivity contribution >= 4 is 11.7 Å². The summed E-state index contributed by atoms with van der Waals surface area (Å²) < 4.78 is 6.31. The molecule has 0 atom stereocenters. The fourth-order valence-corrected chi connectivity index (χ4v) is 1.87. The van der Waals surface area contributed by atoms with Crippen LogP contribution in [0.5, 0.6) is 0 Å². The van der Waals surface area contributed by atoms with E-state index in [1.54, 1.807) is 42.6 Å². The summed E-state index contributed by atoms with van der Waals surface area (Å²) in [7, 11) is 0. The van der Waals surface area contributed by atoms with E-state index in [1.807, 2.05) is 0 Å². The number of nitrogens with zero attached hydrogens (tertiary/aromatic N) is 3. The Hall–Kier alpha value is -3.22. The number of aromatic nitrogens is 3. The highest BCUT2D eigenvalue weighted by molar-refractivity contribution is 5.89. The lowest BCUT2D eigenvalue weighted by molar-refractivity contribution is -0.117. The van der Waals surface area contributed by atoms with Gasteiger partial charge in [-0.25, -0.2) is 9.67 Å². The van der Waals surface area contributed by atoms with Gasteiger partial charge in [-0.05, 0) is 30.3 Å². The molecular formula is C15H12N4O3. The molecule has 7 heteroatoms. The van der Waals surface area contributed by atoms with Crippen LogP contribution in [0.3, 0.4) is 0 Å². The fourth-order valence-electron chi connectivity index (χ4n) is 1.87. The van der Waals surface area contributed by atoms with E-state index < -0.39 is 0 Å². The Morgan fingerprint density at radius 1 is 1.18 bits per heavy atom. The van der Waals surface area contributed by atoms with Gasteiger partial charge in [0.15, 0.2) is 5.76 Å². The zero-order valence-corrected chi connectivity index (χ0v) is 11.5. The van der Waals surface area contributed by atoms with Crippen LogP contribution in [0.15, 0.2) is 64.1 Å². The summed E-state index contributed by atoms with van der Waals surface area (Å²) in [6.07, 6.45) is 3.08. The molecule has 22 heavy (non-hydrogen) atoms. The molecule has 0 aliphatic carbocycles. The minimum Gasteiger partial charge on any atom is -0.463 e. The number of hydrogen-bond acceptors (Lipinski definition) is 5. The Labute approximate surface area is 125 Å². The zero-order valence-electron chi connectivity index (χ0n) is 11.5. The Bertz CT molecular complexity index is 826. The molecule has 0 fully saturated rings. The first kappa shape index (κ1) is 13.7. The Kier molecular flexibility index (Phi) is 3.78. The van der Waals surface area contributed by atoms with Crippen LogP contribution in [0.1, 0.15) is 0 Å². The summed E-state index contributed by atoms with van der Waals surface area (Å²) in [5.74, 6) is 0.562. The maximum Gasteiger partial charge on any atom is 0.267 e. The van der Waals surface area contributed by atoms with Crippen molar-refractivity contribution in [3.05, 3.63) is 65.3 Å². The highest BCUT2D eigenvalue weighted by atomic mass is 16.3. The molecule has 0 unspecified atom stereocenters. The number of carbonyl (C=O) groups is 1. The molecule has 7 nitrogen and oxygen atoms in total. The first-order valence-electron chi connectivity index (χ1n) is 6.55. The van der Waals surface area contributed by atoms with Gasteiger partial charge in [0, 0.05) is 12.3 Å². The maximum absolute atomic E-state index is 12.0. The largest absolute Gasteiger partial charge is 0.463 e. The van der Waals surface area contributed by atoms with E-state index in [-0.39, 0.29) is 18.0 Å². The highest BCUT2D eigenvalue weighted by Gasteiger charge is 2.09. The predicted molar refractivity (Wildman–Crippen MR) is 79.1 cm³/mol. The van der Waals surface area contributed by atoms with Gasteiger partial charge < -0.3 is 9.73 Å². The molecule has 0 spiro atoms. The van der Waals surface area contributed by atoms with Gasteiger partial charge in [-0.15, -0.1) is 0 Å². The summed E-state index contributed by atoms with van der Waals surface area (Å²) >= 11 is 0. The second-order valence-corrected chi connectivity index (χ2v) is 4.45. The molecule has 0 radical (unpaired) electrons. The number of pyridine rings is 1. The minimum absolute atomic E-state index is 0.204. The Morgan fingerprint density at radius 2 is 2.09 bits per heavy atom. The van der Waals surface area contributed by atoms with Crippen LogP contribution < -0.4 is 10.9 Å². The normalized spacial score (nSPS) is 10.4. The number of carbonyl (C=O) groups excluding carboxylic acids is 1. The molecule has 1 amide bonds. The number of hydrogen-bond donors (Lipinski definition) is 1. The Balaban J connectivity index is 1.78. The molecule has 0 saturated carbocycles. The van der Waals surface area contributed by atoms with Crippen molar-refractivity contribution in [2.24, 2.45) is 0 Å². The molecule has 110 valence electrons. The minimum atomic E-state index is -0.384. The molecule has 0 aliphatic heterocycles. The monoisotopic (exact) mass is 296 g/mol. The number of amides is 1. The predicted octanol–water partition coefficient (Wildman–Crippen LogP) is 1.54. The number of nitrogens with one attached hydrogen (secondary N) is 1. The highest BCUT2D eigenvalue weighted by Crippen LogP contribution is 2.14. The third-order valence-electron chi connectivity index (χ3n) is 2.87. The standard InChI is InChI=1S/C15H12N4O3/c20-14(17-13-5-1-2-8-16-13)10-19-15(21)7-6-11(18-19)12-4-3-9-22-12/h1-9H,10H2,(H,16,17,20). The van der Waals surface area contributed by atoms with Crippen molar-refractivity contribution in [2.75, 3.05) is 5.32 Å². The van der Waals surface area contributed by atoms with Crippen LogP contribution in [0.4, 0.5) is 5.82 Å². The van der Waals surface area contributed by atoms with Crippen LogP contribution in [0, 0.1) is 0 Å². The number of rotatable bonds is 4. The molecule has 1 N–H and O–H groups in total. The van der Waals surface area contributed by atoms with Crippen molar-refractivity contribution in [1.29, 1.82) is 0 Å². The maximum atomic E-state index is 12.0. The third kappa shape index (κ3) is 3.09. The average Bonchev–Trinajstić information content (AvgIpc) is 3.05. The lowest BCUT2D eigenvalue weighted by Crippen LogP contribution is -2.29. The second kappa shape index (κ2) is 6.04. The van der Waals surface area contributed by atoms with Crippen molar-refractivity contribution in [1.82, 2.24) is 14.8 Å². The van der Waals surface area contributed by atoms with Gasteiger partial charge in [0.2, 0.25) is 5.91 Å². The van der Waals surface area contributed by atoms with E-state index in [2.05, 4.69) is 15.4 Å². The van der Waals surface area contributed by atoms with Crippen LogP contribution in [0.25, 0.3) is 11.5 Å². The van der Waals surface area contributed by atoms with Crippen molar-refractivity contribution in [2.45, 2.75) is 6.54 Å². The van der Waals surface area contributed by atoms with Gasteiger partial charge in [0.1, 0.15) is 18.1 Å². The van der Waals surface area contributed by atoms with Crippen LogP contribution in [-0.4, -0.2) is 20.7 Å². The van der Waals surface area contributed by atoms with E-state index in [4.69, 9.17) is 4.42 Å². The molecule has 0 aliphatic rings. The summed E-state index contributed by atoms with van der Waals surface area (Å²) in [6.45, 7) is -0.204. The molecule has 3 rings (SSSR count). The lowest BCUT2D eigenvalue weighted by atomic mass is 10.3. The van der Waals surface area contributed by atoms with Gasteiger partial charge >= 0.3 is 0 Å². The lowest BCUT2D eigenvalue weighted by Gasteiger charge is -2.06. The third-order valence-corrected chi connectivity index (χ3v) is 2.87. The Morgan fingerprint density at radius 3 is 2.82 bits per heavy atom. The van der Waals surface area contributed by atoms with Gasteiger partial charge in [-0.3, -0.25) is 9.59 Å². The molecule has 3 heterocycles. The van der Waals surface area contributed by atoms with Gasteiger partial charge in [0.05, 0.1) is 6.26 Å². The topological polar surface area (TPSA) is 90.0 Å². The number of anilines is 1. The van der Waals surface area contributed by atoms with Crippen LogP contribution >= 0.6 is 0 Å². The molecule has 3 aromatic heterocycles. The molecule has 0 bridgehead atoms. The average molecular weight is 296 g/mol. The summed E-state index contributed by atoms with van der Waals surface area (Å²) in [4.78, 5) is 27.7. The smallest absolute Gasteiger partial charge is 0.267 e. The van der Waals surface area contributed by atoms with Crippen LogP contribution in [0.2, 0.25) is 0 Å². The second-order valence-electron chi connectivity index (χ2n) is 4.45. The summed E-state index contributed by atoms with van der Waals surface area (Å²) in [5, 5.41) is 6.72. The summed E-state index contributed by atoms with van der Waals surface area (Å²) in [5.41, 5.74) is 0.113. The van der Waals surface area contributed by atoms with E-state index in [9.17, 15) is 9.59 Å². The first-order chi connectivity index (χ1) is 10.7. The SMILES string of the molecule is O=C(Cn1nc(-c2ccco2)ccc1=O)Nc1ccccn1. The van der Waals surface area contributed by atoms with Crippen molar-refractivity contribution < 1.29 is 9.21 Å². The van der Waals surface area contributed by atoms with Gasteiger partial charge in [0.25, 0.3) is 5.56 Å². The van der Waals surface area contributed by atoms with Crippen LogP contribution in [-0.2, 0) is 11.3 Å². The van der Waals surface area contributed by atoms with E-state index in [1.165, 1.54) is 12.3 Å². The van der Waals surface area contributed by atoms with Gasteiger partial charge in [-0.2, -0.15) is 5.10 Å². The van der Waals surface area contributed by atoms with E-state index >= 15 is 0 Å².